The highest BCUT2D eigenvalue weighted by Crippen LogP contribution is 2.40. The van der Waals surface area contributed by atoms with Crippen LogP contribution >= 0.6 is 12.4 Å². The molecule has 1 aromatic rings. The molecule has 8 nitrogen and oxygen atoms in total. The van der Waals surface area contributed by atoms with Gasteiger partial charge in [-0.15, -0.1) is 12.4 Å². The van der Waals surface area contributed by atoms with Gasteiger partial charge in [-0.25, -0.2) is 4.79 Å². The van der Waals surface area contributed by atoms with E-state index in [9.17, 15) is 14.9 Å². The number of cyclic esters (lactones) is 1. The molecular weight excluding hydrogens is 280 g/mol. The van der Waals surface area contributed by atoms with Crippen molar-refractivity contribution in [2.45, 2.75) is 6.04 Å². The maximum Gasteiger partial charge on any atom is 0.407 e. The Bertz CT molecular complexity index is 549. The summed E-state index contributed by atoms with van der Waals surface area (Å²) in [5, 5.41) is 13.5. The molecule has 1 atom stereocenters. The molecule has 0 radical (unpaired) electrons. The molecule has 0 aliphatic carbocycles. The van der Waals surface area contributed by atoms with Gasteiger partial charge in [-0.1, -0.05) is 0 Å². The Morgan fingerprint density at radius 2 is 1.95 bits per heavy atom. The molecule has 1 aromatic carbocycles. The average Bonchev–Trinajstić information content (AvgIpc) is 2.94. The minimum Gasteiger partial charge on any atom is -0.454 e. The largest absolute Gasteiger partial charge is 0.454 e. The Hall–Kier alpha value is -2.22. The molecular formula is C10H9ClN2O6. The number of hydrogen-bond donors (Lipinski definition) is 1. The van der Waals surface area contributed by atoms with E-state index < -0.39 is 17.1 Å². The van der Waals surface area contributed by atoms with Crippen LogP contribution in [-0.4, -0.2) is 24.4 Å². The number of ether oxygens (including phenoxy) is 3. The van der Waals surface area contributed by atoms with Crippen LogP contribution in [0.2, 0.25) is 0 Å². The van der Waals surface area contributed by atoms with E-state index >= 15 is 0 Å². The van der Waals surface area contributed by atoms with Gasteiger partial charge >= 0.3 is 6.09 Å². The molecule has 19 heavy (non-hydrogen) atoms. The fourth-order valence-electron chi connectivity index (χ4n) is 1.94. The minimum atomic E-state index is -0.591. The van der Waals surface area contributed by atoms with Crippen LogP contribution in [0.25, 0.3) is 0 Å². The van der Waals surface area contributed by atoms with Crippen molar-refractivity contribution in [2.75, 3.05) is 13.4 Å². The van der Waals surface area contributed by atoms with Gasteiger partial charge in [0.05, 0.1) is 22.6 Å². The number of amides is 1. The van der Waals surface area contributed by atoms with E-state index in [0.717, 1.165) is 0 Å². The molecule has 1 fully saturated rings. The highest BCUT2D eigenvalue weighted by molar-refractivity contribution is 5.85. The molecule has 3 rings (SSSR count). The third kappa shape index (κ3) is 2.22. The van der Waals surface area contributed by atoms with E-state index in [0.29, 0.717) is 17.1 Å². The lowest BCUT2D eigenvalue weighted by Crippen LogP contribution is -2.19. The van der Waals surface area contributed by atoms with Gasteiger partial charge in [-0.2, -0.15) is 0 Å². The summed E-state index contributed by atoms with van der Waals surface area (Å²) in [6.45, 7) is 0.0861. The molecule has 2 aliphatic heterocycles. The van der Waals surface area contributed by atoms with Gasteiger partial charge < -0.3 is 19.5 Å². The van der Waals surface area contributed by atoms with Gasteiger partial charge in [-0.3, -0.25) is 10.1 Å². The smallest absolute Gasteiger partial charge is 0.407 e. The third-order valence-electron chi connectivity index (χ3n) is 2.77. The van der Waals surface area contributed by atoms with Crippen molar-refractivity contribution in [2.24, 2.45) is 0 Å². The summed E-state index contributed by atoms with van der Waals surface area (Å²) in [6.07, 6.45) is -0.591. The number of benzene rings is 1. The van der Waals surface area contributed by atoms with Gasteiger partial charge in [0.25, 0.3) is 5.69 Å². The van der Waals surface area contributed by atoms with Gasteiger partial charge in [0, 0.05) is 0 Å². The topological polar surface area (TPSA) is 99.9 Å². The third-order valence-corrected chi connectivity index (χ3v) is 2.77. The second-order valence-corrected chi connectivity index (χ2v) is 3.82. The second-order valence-electron chi connectivity index (χ2n) is 3.82. The SMILES string of the molecule is Cl.O=C1N[C@@H](c2cc3c(cc2[N+](=O)[O-])OCO3)CO1. The van der Waals surface area contributed by atoms with Crippen LogP contribution in [-0.2, 0) is 4.74 Å². The van der Waals surface area contributed by atoms with Crippen molar-refractivity contribution in [1.29, 1.82) is 0 Å². The van der Waals surface area contributed by atoms with Crippen LogP contribution in [0.3, 0.4) is 0 Å². The predicted molar refractivity (Wildman–Crippen MR) is 63.7 cm³/mol. The predicted octanol–water partition coefficient (Wildman–Crippen LogP) is 1.53. The molecule has 9 heteroatoms. The van der Waals surface area contributed by atoms with Crippen LogP contribution < -0.4 is 14.8 Å². The zero-order valence-corrected chi connectivity index (χ0v) is 10.3. The Morgan fingerprint density at radius 1 is 1.26 bits per heavy atom. The van der Waals surface area contributed by atoms with Gasteiger partial charge in [0.1, 0.15) is 6.61 Å². The summed E-state index contributed by atoms with van der Waals surface area (Å²) in [5.41, 5.74) is 0.213. The highest BCUT2D eigenvalue weighted by atomic mass is 35.5. The number of nitrogens with one attached hydrogen (secondary N) is 1. The van der Waals surface area contributed by atoms with Crippen molar-refractivity contribution in [3.8, 4) is 11.5 Å². The number of rotatable bonds is 2. The van der Waals surface area contributed by atoms with Crippen LogP contribution in [0.15, 0.2) is 12.1 Å². The number of nitro groups is 1. The van der Waals surface area contributed by atoms with Crippen LogP contribution in [0.1, 0.15) is 11.6 Å². The van der Waals surface area contributed by atoms with E-state index in [1.54, 1.807) is 0 Å². The Kier molecular flexibility index (Phi) is 3.34. The Balaban J connectivity index is 0.00000133. The average molecular weight is 289 g/mol. The first-order chi connectivity index (χ1) is 8.65. The highest BCUT2D eigenvalue weighted by Gasteiger charge is 2.32. The molecule has 0 spiro atoms. The first kappa shape index (κ1) is 13.2. The summed E-state index contributed by atoms with van der Waals surface area (Å²) >= 11 is 0. The molecule has 2 heterocycles. The zero-order valence-electron chi connectivity index (χ0n) is 9.45. The number of alkyl carbamates (subject to hydrolysis) is 1. The molecule has 1 saturated heterocycles. The van der Waals surface area contributed by atoms with Crippen LogP contribution in [0, 0.1) is 10.1 Å². The lowest BCUT2D eigenvalue weighted by atomic mass is 10.0. The van der Waals surface area contributed by atoms with Crippen molar-refractivity contribution in [3.63, 3.8) is 0 Å². The summed E-state index contributed by atoms with van der Waals surface area (Å²) in [4.78, 5) is 21.5. The quantitative estimate of drug-likeness (QED) is 0.654. The minimum absolute atomic E-state index is 0. The van der Waals surface area contributed by atoms with Gasteiger partial charge in [0.2, 0.25) is 6.79 Å². The second kappa shape index (κ2) is 4.81. The lowest BCUT2D eigenvalue weighted by molar-refractivity contribution is -0.385. The molecule has 1 amide bonds. The van der Waals surface area contributed by atoms with E-state index in [1.165, 1.54) is 12.1 Å². The fourth-order valence-corrected chi connectivity index (χ4v) is 1.94. The maximum atomic E-state index is 11.0. The van der Waals surface area contributed by atoms with Crippen LogP contribution in [0.4, 0.5) is 10.5 Å². The monoisotopic (exact) mass is 288 g/mol. The maximum absolute atomic E-state index is 11.0. The summed E-state index contributed by atoms with van der Waals surface area (Å²) in [7, 11) is 0. The first-order valence-electron chi connectivity index (χ1n) is 5.16. The van der Waals surface area contributed by atoms with Crippen molar-refractivity contribution >= 4 is 24.2 Å². The van der Waals surface area contributed by atoms with E-state index in [2.05, 4.69) is 5.32 Å². The van der Waals surface area contributed by atoms with E-state index in [1.807, 2.05) is 0 Å². The van der Waals surface area contributed by atoms with E-state index in [4.69, 9.17) is 14.2 Å². The molecule has 2 aliphatic rings. The number of nitro benzene ring substituents is 1. The molecule has 0 aromatic heterocycles. The molecule has 102 valence electrons. The van der Waals surface area contributed by atoms with E-state index in [-0.39, 0.29) is 31.5 Å². The Labute approximate surface area is 113 Å². The number of halogens is 1. The fraction of sp³-hybridized carbons (Fsp3) is 0.300. The number of nitrogens with zero attached hydrogens (tertiary/aromatic N) is 1. The number of carbonyl (C=O) groups excluding carboxylic acids is 1. The number of hydrogen-bond acceptors (Lipinski definition) is 6. The summed E-state index contributed by atoms with van der Waals surface area (Å²) < 4.78 is 15.0. The summed E-state index contributed by atoms with van der Waals surface area (Å²) in [5.74, 6) is 0.757. The zero-order chi connectivity index (χ0) is 12.7. The van der Waals surface area contributed by atoms with Crippen molar-refractivity contribution < 1.29 is 23.9 Å². The first-order valence-corrected chi connectivity index (χ1v) is 5.16. The molecule has 0 unspecified atom stereocenters. The molecule has 0 bridgehead atoms. The standard InChI is InChI=1S/C10H8N2O6.ClH/c13-10-11-6(3-16-10)5-1-8-9(18-4-17-8)2-7(5)12(14)15;/h1-2,6H,3-4H2,(H,11,13);1H/t6-;/m1./s1. The molecule has 0 saturated carbocycles. The van der Waals surface area contributed by atoms with Crippen LogP contribution in [0.5, 0.6) is 11.5 Å². The Morgan fingerprint density at radius 3 is 2.53 bits per heavy atom. The summed E-state index contributed by atoms with van der Waals surface area (Å²) in [6, 6.07) is 2.25. The normalized spacial score (nSPS) is 19.4. The van der Waals surface area contributed by atoms with Gasteiger partial charge in [0.15, 0.2) is 11.5 Å². The lowest BCUT2D eigenvalue weighted by Gasteiger charge is -2.09. The van der Waals surface area contributed by atoms with Crippen molar-refractivity contribution in [1.82, 2.24) is 5.32 Å². The van der Waals surface area contributed by atoms with Crippen molar-refractivity contribution in [3.05, 3.63) is 27.8 Å². The molecule has 1 N–H and O–H groups in total. The number of fused-ring (bicyclic) bond motifs is 1. The van der Waals surface area contributed by atoms with Gasteiger partial charge in [-0.05, 0) is 6.07 Å². The number of carbonyl (C=O) groups is 1.